The Morgan fingerprint density at radius 2 is 1.58 bits per heavy atom. The molecule has 1 aromatic heterocycles. The van der Waals surface area contributed by atoms with Crippen molar-refractivity contribution in [3.8, 4) is 0 Å². The van der Waals surface area contributed by atoms with Gasteiger partial charge in [0.05, 0.1) is 45.1 Å². The van der Waals surface area contributed by atoms with E-state index in [9.17, 15) is 0 Å². The Bertz CT molecular complexity index is 1080. The van der Waals surface area contributed by atoms with Crippen LogP contribution in [0.2, 0.25) is 0 Å². The van der Waals surface area contributed by atoms with Gasteiger partial charge in [-0.05, 0) is 132 Å². The smallest absolute Gasteiger partial charge is 0.102 e. The fraction of sp³-hybridized carbons (Fsp3) is 0.838. The summed E-state index contributed by atoms with van der Waals surface area (Å²) < 4.78 is 25.2. The summed E-state index contributed by atoms with van der Waals surface area (Å²) in [5.74, 6) is 2.24. The average Bonchev–Trinajstić information content (AvgIpc) is 3.83. The maximum atomic E-state index is 7.14. The summed E-state index contributed by atoms with van der Waals surface area (Å²) in [6.45, 7) is 15.4. The van der Waals surface area contributed by atoms with Crippen LogP contribution in [0.5, 0.6) is 0 Å². The van der Waals surface area contributed by atoms with Crippen molar-refractivity contribution >= 4 is 0 Å². The third-order valence-electron chi connectivity index (χ3n) is 13.5. The van der Waals surface area contributed by atoms with Gasteiger partial charge in [-0.3, -0.25) is 0 Å². The van der Waals surface area contributed by atoms with Crippen molar-refractivity contribution in [1.82, 2.24) is 9.80 Å². The molecule has 0 bridgehead atoms. The molecule has 6 heteroatoms. The Morgan fingerprint density at radius 1 is 0.837 bits per heavy atom. The van der Waals surface area contributed by atoms with Crippen LogP contribution < -0.4 is 0 Å². The molecule has 0 N–H and O–H groups in total. The van der Waals surface area contributed by atoms with Crippen LogP contribution in [-0.4, -0.2) is 81.6 Å². The van der Waals surface area contributed by atoms with Crippen LogP contribution in [0.25, 0.3) is 0 Å². The zero-order valence-electron chi connectivity index (χ0n) is 27.2. The summed E-state index contributed by atoms with van der Waals surface area (Å²) in [4.78, 5) is 5.11. The molecule has 0 unspecified atom stereocenters. The van der Waals surface area contributed by atoms with E-state index >= 15 is 0 Å². The highest BCUT2D eigenvalue weighted by Gasteiger charge is 2.65. The van der Waals surface area contributed by atoms with Crippen LogP contribution in [0, 0.1) is 28.6 Å². The van der Waals surface area contributed by atoms with Gasteiger partial charge in [0.2, 0.25) is 0 Å². The van der Waals surface area contributed by atoms with Crippen molar-refractivity contribution in [2.45, 2.75) is 103 Å². The number of allylic oxidation sites excluding steroid dienone is 1. The molecule has 0 radical (unpaired) electrons. The maximum absolute atomic E-state index is 7.14. The van der Waals surface area contributed by atoms with E-state index in [0.29, 0.717) is 17.4 Å². The molecular formula is C37H58N2O4. The first-order valence-electron chi connectivity index (χ1n) is 18.0. The summed E-state index contributed by atoms with van der Waals surface area (Å²) in [6, 6.07) is 2.20. The lowest BCUT2D eigenvalue weighted by Crippen LogP contribution is -2.54. The van der Waals surface area contributed by atoms with Crippen LogP contribution in [0.15, 0.2) is 34.7 Å². The lowest BCUT2D eigenvalue weighted by molar-refractivity contribution is -0.166. The highest BCUT2D eigenvalue weighted by molar-refractivity contribution is 5.30. The van der Waals surface area contributed by atoms with Crippen LogP contribution in [-0.2, 0) is 19.8 Å². The quantitative estimate of drug-likeness (QED) is 0.191. The molecule has 1 aromatic rings. The largest absolute Gasteiger partial charge is 0.472 e. The zero-order chi connectivity index (χ0) is 29.3. The highest BCUT2D eigenvalue weighted by Crippen LogP contribution is 2.70. The first kappa shape index (κ1) is 30.5. The van der Waals surface area contributed by atoms with Crippen LogP contribution in [0.1, 0.15) is 96.5 Å². The summed E-state index contributed by atoms with van der Waals surface area (Å²) in [7, 11) is 0. The molecule has 240 valence electrons. The van der Waals surface area contributed by atoms with Gasteiger partial charge in [0.1, 0.15) is 5.60 Å². The molecule has 0 spiro atoms. The molecule has 6 aliphatic rings. The van der Waals surface area contributed by atoms with Crippen molar-refractivity contribution in [2.24, 2.45) is 28.6 Å². The van der Waals surface area contributed by atoms with Gasteiger partial charge in [-0.1, -0.05) is 25.5 Å². The maximum Gasteiger partial charge on any atom is 0.102 e. The summed E-state index contributed by atoms with van der Waals surface area (Å²) in [5.41, 5.74) is 3.24. The predicted octanol–water partition coefficient (Wildman–Crippen LogP) is 7.05. The monoisotopic (exact) mass is 594 g/mol. The first-order chi connectivity index (χ1) is 21.0. The van der Waals surface area contributed by atoms with Gasteiger partial charge in [-0.25, -0.2) is 0 Å². The third-order valence-corrected chi connectivity index (χ3v) is 13.5. The van der Waals surface area contributed by atoms with Crippen molar-refractivity contribution < 1.29 is 18.6 Å². The van der Waals surface area contributed by atoms with E-state index in [2.05, 4.69) is 35.8 Å². The minimum Gasteiger partial charge on any atom is -0.472 e. The fourth-order valence-corrected chi connectivity index (χ4v) is 11.0. The van der Waals surface area contributed by atoms with Gasteiger partial charge >= 0.3 is 0 Å². The number of nitrogens with zero attached hydrogens (tertiary/aromatic N) is 2. The van der Waals surface area contributed by atoms with Crippen LogP contribution in [0.4, 0.5) is 0 Å². The number of hydrogen-bond donors (Lipinski definition) is 0. The number of hydrogen-bond acceptors (Lipinski definition) is 6. The predicted molar refractivity (Wildman–Crippen MR) is 170 cm³/mol. The number of likely N-dealkylation sites (tertiary alicyclic amines) is 2. The molecule has 6 nitrogen and oxygen atoms in total. The molecule has 3 saturated carbocycles. The molecule has 5 fully saturated rings. The topological polar surface area (TPSA) is 47.3 Å². The van der Waals surface area contributed by atoms with E-state index in [1.165, 1.54) is 96.0 Å². The van der Waals surface area contributed by atoms with Crippen molar-refractivity contribution in [2.75, 3.05) is 65.7 Å². The minimum atomic E-state index is -0.220. The molecule has 4 aliphatic carbocycles. The standard InChI is InChI=1S/C37H58N2O4/c1-35-13-9-31(42-26-25-40-23-20-38-16-3-4-17-38)27-29(35)7-8-32-33(35)10-14-36(2)34(32)11-15-37(36,30-12-22-41-28-30)43-24-21-39-18-5-6-19-39/h7,12,22,28,31-34H,3-6,8-11,13-21,23-27H2,1-2H3/t31-,32+,33-,34-,35-,36-,37+/m0/s1. The van der Waals surface area contributed by atoms with Gasteiger partial charge in [0.15, 0.2) is 0 Å². The van der Waals surface area contributed by atoms with Gasteiger partial charge in [0, 0.05) is 24.1 Å². The van der Waals surface area contributed by atoms with Gasteiger partial charge in [-0.2, -0.15) is 0 Å². The number of ether oxygens (including phenoxy) is 3. The molecular weight excluding hydrogens is 536 g/mol. The van der Waals surface area contributed by atoms with Crippen LogP contribution in [0.3, 0.4) is 0 Å². The van der Waals surface area contributed by atoms with E-state index in [1.807, 2.05) is 12.5 Å². The Morgan fingerprint density at radius 3 is 2.33 bits per heavy atom. The molecule has 0 aromatic carbocycles. The summed E-state index contributed by atoms with van der Waals surface area (Å²) >= 11 is 0. The first-order valence-corrected chi connectivity index (χ1v) is 18.0. The Hall–Kier alpha value is -1.18. The van der Waals surface area contributed by atoms with E-state index in [-0.39, 0.29) is 11.0 Å². The Labute approximate surface area is 260 Å². The molecule has 3 heterocycles. The molecule has 0 amide bonds. The normalized spacial score (nSPS) is 39.9. The third kappa shape index (κ3) is 5.71. The van der Waals surface area contributed by atoms with E-state index < -0.39 is 0 Å². The second kappa shape index (κ2) is 12.9. The highest BCUT2D eigenvalue weighted by atomic mass is 16.5. The minimum absolute atomic E-state index is 0.153. The van der Waals surface area contributed by atoms with Crippen molar-refractivity contribution in [1.29, 1.82) is 0 Å². The summed E-state index contributed by atoms with van der Waals surface area (Å²) in [5, 5.41) is 0. The van der Waals surface area contributed by atoms with Crippen molar-refractivity contribution in [3.05, 3.63) is 35.8 Å². The fourth-order valence-electron chi connectivity index (χ4n) is 11.0. The second-order valence-electron chi connectivity index (χ2n) is 15.4. The van der Waals surface area contributed by atoms with E-state index in [4.69, 9.17) is 18.6 Å². The van der Waals surface area contributed by atoms with Gasteiger partial charge < -0.3 is 28.4 Å². The lowest BCUT2D eigenvalue weighted by Gasteiger charge is -2.59. The summed E-state index contributed by atoms with van der Waals surface area (Å²) in [6.07, 6.45) is 22.0. The number of fused-ring (bicyclic) bond motifs is 5. The Balaban J connectivity index is 0.977. The average molecular weight is 595 g/mol. The molecule has 2 saturated heterocycles. The van der Waals surface area contributed by atoms with E-state index in [0.717, 1.165) is 64.2 Å². The molecule has 2 aliphatic heterocycles. The van der Waals surface area contributed by atoms with Crippen molar-refractivity contribution in [3.63, 3.8) is 0 Å². The molecule has 7 rings (SSSR count). The van der Waals surface area contributed by atoms with Gasteiger partial charge in [0.25, 0.3) is 0 Å². The zero-order valence-corrected chi connectivity index (χ0v) is 27.2. The van der Waals surface area contributed by atoms with Gasteiger partial charge in [-0.15, -0.1) is 0 Å². The lowest BCUT2D eigenvalue weighted by atomic mass is 9.46. The van der Waals surface area contributed by atoms with Crippen LogP contribution >= 0.6 is 0 Å². The second-order valence-corrected chi connectivity index (χ2v) is 15.4. The number of furan rings is 1. The Kier molecular flexibility index (Phi) is 9.15. The van der Waals surface area contributed by atoms with E-state index in [1.54, 1.807) is 5.57 Å². The SMILES string of the molecule is C[C@]12CC[C@H](OCCOCCN3CCCC3)CC1=CC[C@@H]1[C@@H]2CC[C@@]2(C)[C@H]1CC[C@@]2(OCCN1CCCC1)c1ccoc1. The molecule has 43 heavy (non-hydrogen) atoms. The molecule has 7 atom stereocenters. The number of rotatable bonds is 12.